The molecule has 1 atom stereocenters. The van der Waals surface area contributed by atoms with Crippen LogP contribution >= 0.6 is 0 Å². The van der Waals surface area contributed by atoms with Gasteiger partial charge in [0.05, 0.1) is 6.04 Å². The van der Waals surface area contributed by atoms with Gasteiger partial charge in [0.1, 0.15) is 0 Å². The molecule has 2 N–H and O–H groups in total. The van der Waals surface area contributed by atoms with E-state index in [0.717, 1.165) is 28.1 Å². The molecule has 0 fully saturated rings. The van der Waals surface area contributed by atoms with E-state index in [2.05, 4.69) is 16.0 Å². The van der Waals surface area contributed by atoms with Gasteiger partial charge in [-0.15, -0.1) is 0 Å². The fourth-order valence-corrected chi connectivity index (χ4v) is 1.95. The van der Waals surface area contributed by atoms with Gasteiger partial charge in [-0.1, -0.05) is 12.1 Å². The fourth-order valence-electron chi connectivity index (χ4n) is 1.95. The van der Waals surface area contributed by atoms with Gasteiger partial charge in [-0.05, 0) is 43.5 Å². The number of hydrogen-bond donors (Lipinski definition) is 1. The summed E-state index contributed by atoms with van der Waals surface area (Å²) >= 11 is 0. The molecule has 88 valence electrons. The first-order chi connectivity index (χ1) is 8.08. The minimum atomic E-state index is -0.157. The summed E-state index contributed by atoms with van der Waals surface area (Å²) in [5.41, 5.74) is 11.5. The summed E-state index contributed by atoms with van der Waals surface area (Å²) < 4.78 is 0. The standard InChI is InChI=1S/C14H17N3/c1-9-6-12(8-16-7-9)14(15)13-5-4-10(2)17-11(13)3/h4-8,14H,15H2,1-3H3. The Morgan fingerprint density at radius 2 is 1.88 bits per heavy atom. The van der Waals surface area contributed by atoms with Gasteiger partial charge in [-0.25, -0.2) is 0 Å². The maximum absolute atomic E-state index is 6.26. The van der Waals surface area contributed by atoms with E-state index in [1.165, 1.54) is 0 Å². The van der Waals surface area contributed by atoms with Crippen LogP contribution in [0.25, 0.3) is 0 Å². The number of nitrogens with two attached hydrogens (primary N) is 1. The first-order valence-electron chi connectivity index (χ1n) is 5.69. The molecule has 17 heavy (non-hydrogen) atoms. The lowest BCUT2D eigenvalue weighted by atomic mass is 9.99. The Hall–Kier alpha value is -1.74. The summed E-state index contributed by atoms with van der Waals surface area (Å²) in [6.07, 6.45) is 3.65. The number of aromatic nitrogens is 2. The van der Waals surface area contributed by atoms with Crippen molar-refractivity contribution in [1.82, 2.24) is 9.97 Å². The Kier molecular flexibility index (Phi) is 3.20. The van der Waals surface area contributed by atoms with E-state index in [9.17, 15) is 0 Å². The average molecular weight is 227 g/mol. The highest BCUT2D eigenvalue weighted by atomic mass is 14.7. The van der Waals surface area contributed by atoms with Crippen molar-refractivity contribution < 1.29 is 0 Å². The zero-order valence-electron chi connectivity index (χ0n) is 10.4. The third-order valence-corrected chi connectivity index (χ3v) is 2.86. The van der Waals surface area contributed by atoms with E-state index in [0.29, 0.717) is 0 Å². The van der Waals surface area contributed by atoms with Crippen LogP contribution in [-0.2, 0) is 0 Å². The third-order valence-electron chi connectivity index (χ3n) is 2.86. The average Bonchev–Trinajstić information content (AvgIpc) is 2.28. The zero-order valence-corrected chi connectivity index (χ0v) is 10.4. The molecule has 2 aromatic rings. The Morgan fingerprint density at radius 3 is 2.53 bits per heavy atom. The van der Waals surface area contributed by atoms with Gasteiger partial charge < -0.3 is 5.73 Å². The molecule has 2 heterocycles. The van der Waals surface area contributed by atoms with Crippen molar-refractivity contribution >= 4 is 0 Å². The molecule has 0 aliphatic rings. The van der Waals surface area contributed by atoms with Crippen LogP contribution < -0.4 is 5.73 Å². The van der Waals surface area contributed by atoms with Crippen LogP contribution in [-0.4, -0.2) is 9.97 Å². The van der Waals surface area contributed by atoms with Gasteiger partial charge in [0.15, 0.2) is 0 Å². The molecular weight excluding hydrogens is 210 g/mol. The molecule has 0 saturated carbocycles. The summed E-state index contributed by atoms with van der Waals surface area (Å²) in [4.78, 5) is 8.62. The predicted molar refractivity (Wildman–Crippen MR) is 68.7 cm³/mol. The Bertz CT molecular complexity index is 535. The van der Waals surface area contributed by atoms with Crippen molar-refractivity contribution in [3.05, 3.63) is 58.7 Å². The second-order valence-corrected chi connectivity index (χ2v) is 4.40. The maximum atomic E-state index is 6.26. The Labute approximate surface area is 102 Å². The molecule has 0 spiro atoms. The molecule has 3 nitrogen and oxygen atoms in total. The Balaban J connectivity index is 2.40. The molecule has 0 aliphatic carbocycles. The van der Waals surface area contributed by atoms with Gasteiger partial charge in [0, 0.05) is 23.8 Å². The molecule has 0 amide bonds. The second kappa shape index (κ2) is 4.63. The van der Waals surface area contributed by atoms with Crippen LogP contribution in [0.3, 0.4) is 0 Å². The van der Waals surface area contributed by atoms with Crippen LogP contribution in [0.15, 0.2) is 30.6 Å². The molecule has 0 aliphatic heterocycles. The zero-order chi connectivity index (χ0) is 12.4. The minimum Gasteiger partial charge on any atom is -0.320 e. The largest absolute Gasteiger partial charge is 0.320 e. The van der Waals surface area contributed by atoms with E-state index in [4.69, 9.17) is 5.73 Å². The van der Waals surface area contributed by atoms with Gasteiger partial charge in [-0.3, -0.25) is 9.97 Å². The van der Waals surface area contributed by atoms with Crippen LogP contribution in [0.4, 0.5) is 0 Å². The number of aryl methyl sites for hydroxylation is 3. The number of pyridine rings is 2. The Morgan fingerprint density at radius 1 is 1.12 bits per heavy atom. The molecular formula is C14H17N3. The van der Waals surface area contributed by atoms with Gasteiger partial charge in [0.25, 0.3) is 0 Å². The van der Waals surface area contributed by atoms with Crippen LogP contribution in [0.2, 0.25) is 0 Å². The van der Waals surface area contributed by atoms with Crippen LogP contribution in [0.1, 0.15) is 34.1 Å². The van der Waals surface area contributed by atoms with Crippen LogP contribution in [0, 0.1) is 20.8 Å². The van der Waals surface area contributed by atoms with Crippen molar-refractivity contribution in [2.24, 2.45) is 5.73 Å². The van der Waals surface area contributed by atoms with Crippen molar-refractivity contribution in [1.29, 1.82) is 0 Å². The minimum absolute atomic E-state index is 0.157. The first-order valence-corrected chi connectivity index (χ1v) is 5.69. The highest BCUT2D eigenvalue weighted by Crippen LogP contribution is 2.21. The molecule has 2 rings (SSSR count). The van der Waals surface area contributed by atoms with Gasteiger partial charge in [-0.2, -0.15) is 0 Å². The number of rotatable bonds is 2. The summed E-state index contributed by atoms with van der Waals surface area (Å²) in [5.74, 6) is 0. The van der Waals surface area contributed by atoms with Gasteiger partial charge in [0.2, 0.25) is 0 Å². The maximum Gasteiger partial charge on any atom is 0.0585 e. The van der Waals surface area contributed by atoms with E-state index in [-0.39, 0.29) is 6.04 Å². The molecule has 0 bridgehead atoms. The normalized spacial score (nSPS) is 12.5. The van der Waals surface area contributed by atoms with Crippen molar-refractivity contribution in [3.8, 4) is 0 Å². The fraction of sp³-hybridized carbons (Fsp3) is 0.286. The van der Waals surface area contributed by atoms with Crippen molar-refractivity contribution in [2.75, 3.05) is 0 Å². The number of nitrogens with zero attached hydrogens (tertiary/aromatic N) is 2. The summed E-state index contributed by atoms with van der Waals surface area (Å²) in [5, 5.41) is 0. The van der Waals surface area contributed by atoms with E-state index < -0.39 is 0 Å². The summed E-state index contributed by atoms with van der Waals surface area (Å²) in [6, 6.07) is 5.95. The highest BCUT2D eigenvalue weighted by Gasteiger charge is 2.12. The lowest BCUT2D eigenvalue weighted by Gasteiger charge is -2.15. The molecule has 0 aromatic carbocycles. The van der Waals surface area contributed by atoms with Crippen molar-refractivity contribution in [2.45, 2.75) is 26.8 Å². The third kappa shape index (κ3) is 2.50. The lowest BCUT2D eigenvalue weighted by molar-refractivity contribution is 0.835. The second-order valence-electron chi connectivity index (χ2n) is 4.40. The molecule has 0 radical (unpaired) electrons. The topological polar surface area (TPSA) is 51.8 Å². The van der Waals surface area contributed by atoms with E-state index in [1.807, 2.05) is 45.3 Å². The molecule has 2 aromatic heterocycles. The van der Waals surface area contributed by atoms with Gasteiger partial charge >= 0.3 is 0 Å². The molecule has 0 saturated heterocycles. The lowest BCUT2D eigenvalue weighted by Crippen LogP contribution is -2.14. The smallest absolute Gasteiger partial charge is 0.0585 e. The predicted octanol–water partition coefficient (Wildman–Crippen LogP) is 2.45. The number of hydrogen-bond acceptors (Lipinski definition) is 3. The first kappa shape index (κ1) is 11.7. The summed E-state index contributed by atoms with van der Waals surface area (Å²) in [7, 11) is 0. The highest BCUT2D eigenvalue weighted by molar-refractivity contribution is 5.34. The quantitative estimate of drug-likeness (QED) is 0.857. The molecule has 1 unspecified atom stereocenters. The van der Waals surface area contributed by atoms with Crippen molar-refractivity contribution in [3.63, 3.8) is 0 Å². The summed E-state index contributed by atoms with van der Waals surface area (Å²) in [6.45, 7) is 5.99. The SMILES string of the molecule is Cc1cncc(C(N)c2ccc(C)nc2C)c1. The monoisotopic (exact) mass is 227 g/mol. The molecule has 3 heteroatoms. The van der Waals surface area contributed by atoms with E-state index in [1.54, 1.807) is 0 Å². The van der Waals surface area contributed by atoms with Crippen LogP contribution in [0.5, 0.6) is 0 Å². The van der Waals surface area contributed by atoms with E-state index >= 15 is 0 Å².